The minimum atomic E-state index is -0.812. The van der Waals surface area contributed by atoms with Crippen LogP contribution >= 0.6 is 0 Å². The summed E-state index contributed by atoms with van der Waals surface area (Å²) in [5.41, 5.74) is 0. The maximum atomic E-state index is 12.7. The average Bonchev–Trinajstić information content (AvgIpc) is 3.19. The van der Waals surface area contributed by atoms with Gasteiger partial charge in [-0.1, -0.05) is 184 Å². The molecule has 0 aromatic heterocycles. The second-order valence-electron chi connectivity index (χ2n) is 15.0. The molecule has 56 heavy (non-hydrogen) atoms. The van der Waals surface area contributed by atoms with Crippen LogP contribution in [0.5, 0.6) is 0 Å². The molecule has 0 saturated carbocycles. The lowest BCUT2D eigenvalue weighted by Crippen LogP contribution is -2.30. The van der Waals surface area contributed by atoms with Crippen LogP contribution in [0.4, 0.5) is 0 Å². The van der Waals surface area contributed by atoms with Crippen LogP contribution in [0.2, 0.25) is 0 Å². The van der Waals surface area contributed by atoms with Gasteiger partial charge in [0.2, 0.25) is 0 Å². The fourth-order valence-electron chi connectivity index (χ4n) is 6.00. The lowest BCUT2D eigenvalue weighted by atomic mass is 10.1. The molecule has 0 spiro atoms. The maximum Gasteiger partial charge on any atom is 0.306 e. The molecular weight excluding hydrogens is 697 g/mol. The van der Waals surface area contributed by atoms with Gasteiger partial charge in [0.05, 0.1) is 0 Å². The van der Waals surface area contributed by atoms with Crippen molar-refractivity contribution in [2.45, 2.75) is 213 Å². The number of carbonyl (C=O) groups is 3. The second kappa shape index (κ2) is 44.6. The summed E-state index contributed by atoms with van der Waals surface area (Å²) in [6, 6.07) is 0. The van der Waals surface area contributed by atoms with Crippen LogP contribution in [0.25, 0.3) is 0 Å². The van der Waals surface area contributed by atoms with Crippen LogP contribution in [-0.4, -0.2) is 37.2 Å². The Balaban J connectivity index is 4.47. The summed E-state index contributed by atoms with van der Waals surface area (Å²) in [7, 11) is 0. The molecule has 0 amide bonds. The zero-order chi connectivity index (χ0) is 40.8. The molecule has 1 unspecified atom stereocenters. The highest BCUT2D eigenvalue weighted by molar-refractivity contribution is 5.71. The van der Waals surface area contributed by atoms with Crippen LogP contribution in [-0.2, 0) is 28.6 Å². The molecule has 6 heteroatoms. The Kier molecular flexibility index (Phi) is 42.1. The standard InChI is InChI=1S/C50H84O6/c1-4-7-10-13-16-19-22-24-25-27-28-31-34-37-40-43-49(52)55-46-47(45-54-48(51)42-39-36-33-30-21-18-15-12-9-6-3)56-50(53)44-41-38-35-32-29-26-23-20-17-14-11-8-5-2/h7,10,13,15-16,18-19,22,26,29,35,38,47H,4-6,8-9,11-12,14,17,20-21,23-25,27-28,30-34,36-37,39-46H2,1-3H3/b10-7-,16-13-,18-15-,22-19-,29-26-,38-35-. The number of ether oxygens (including phenoxy) is 3. The van der Waals surface area contributed by atoms with E-state index in [-0.39, 0.29) is 37.5 Å². The van der Waals surface area contributed by atoms with Crippen molar-refractivity contribution in [3.05, 3.63) is 72.9 Å². The number of rotatable bonds is 40. The van der Waals surface area contributed by atoms with Gasteiger partial charge in [-0.25, -0.2) is 0 Å². The van der Waals surface area contributed by atoms with E-state index in [4.69, 9.17) is 14.2 Å². The summed E-state index contributed by atoms with van der Waals surface area (Å²) >= 11 is 0. The van der Waals surface area contributed by atoms with Gasteiger partial charge >= 0.3 is 17.9 Å². The van der Waals surface area contributed by atoms with Crippen molar-refractivity contribution in [2.75, 3.05) is 13.2 Å². The number of unbranched alkanes of at least 4 members (excludes halogenated alkanes) is 19. The number of hydrogen-bond donors (Lipinski definition) is 0. The first-order valence-corrected chi connectivity index (χ1v) is 23.0. The molecule has 0 rings (SSSR count). The second-order valence-corrected chi connectivity index (χ2v) is 15.0. The van der Waals surface area contributed by atoms with Crippen LogP contribution in [0.1, 0.15) is 207 Å². The molecule has 0 aliphatic heterocycles. The molecule has 0 heterocycles. The zero-order valence-corrected chi connectivity index (χ0v) is 36.4. The van der Waals surface area contributed by atoms with Crippen molar-refractivity contribution in [2.24, 2.45) is 0 Å². The highest BCUT2D eigenvalue weighted by Crippen LogP contribution is 2.12. The highest BCUT2D eigenvalue weighted by Gasteiger charge is 2.19. The minimum Gasteiger partial charge on any atom is -0.462 e. The Bertz CT molecular complexity index is 1080. The van der Waals surface area contributed by atoms with Crippen molar-refractivity contribution in [3.63, 3.8) is 0 Å². The summed E-state index contributed by atoms with van der Waals surface area (Å²) < 4.78 is 16.6. The minimum absolute atomic E-state index is 0.109. The molecule has 0 aliphatic rings. The number of carbonyl (C=O) groups excluding carboxylic acids is 3. The van der Waals surface area contributed by atoms with E-state index in [1.165, 1.54) is 77.0 Å². The molecule has 0 fully saturated rings. The van der Waals surface area contributed by atoms with E-state index >= 15 is 0 Å². The van der Waals surface area contributed by atoms with Crippen molar-refractivity contribution in [3.8, 4) is 0 Å². The predicted octanol–water partition coefficient (Wildman–Crippen LogP) is 14.7. The maximum absolute atomic E-state index is 12.7. The van der Waals surface area contributed by atoms with E-state index in [0.29, 0.717) is 19.3 Å². The molecule has 0 radical (unpaired) electrons. The smallest absolute Gasteiger partial charge is 0.306 e. The summed E-state index contributed by atoms with van der Waals surface area (Å²) in [6.45, 7) is 6.36. The molecule has 0 bridgehead atoms. The van der Waals surface area contributed by atoms with Crippen LogP contribution < -0.4 is 0 Å². The lowest BCUT2D eigenvalue weighted by molar-refractivity contribution is -0.166. The van der Waals surface area contributed by atoms with Gasteiger partial charge in [0, 0.05) is 19.3 Å². The Morgan fingerprint density at radius 1 is 0.393 bits per heavy atom. The predicted molar refractivity (Wildman–Crippen MR) is 238 cm³/mol. The highest BCUT2D eigenvalue weighted by atomic mass is 16.6. The first kappa shape index (κ1) is 52.9. The van der Waals surface area contributed by atoms with Crippen molar-refractivity contribution in [1.82, 2.24) is 0 Å². The monoisotopic (exact) mass is 781 g/mol. The third-order valence-corrected chi connectivity index (χ3v) is 9.49. The van der Waals surface area contributed by atoms with Gasteiger partial charge in [-0.2, -0.15) is 0 Å². The zero-order valence-electron chi connectivity index (χ0n) is 36.4. The fourth-order valence-corrected chi connectivity index (χ4v) is 6.00. The average molecular weight is 781 g/mol. The Labute approximate surface area is 344 Å². The van der Waals surface area contributed by atoms with Crippen LogP contribution in [0.3, 0.4) is 0 Å². The van der Waals surface area contributed by atoms with Gasteiger partial charge in [0.1, 0.15) is 13.2 Å². The normalized spacial score (nSPS) is 12.7. The van der Waals surface area contributed by atoms with Crippen molar-refractivity contribution in [1.29, 1.82) is 0 Å². The molecule has 0 N–H and O–H groups in total. The van der Waals surface area contributed by atoms with Gasteiger partial charge in [0.25, 0.3) is 0 Å². The van der Waals surface area contributed by atoms with E-state index < -0.39 is 6.10 Å². The van der Waals surface area contributed by atoms with Crippen molar-refractivity contribution < 1.29 is 28.6 Å². The quantitative estimate of drug-likeness (QED) is 0.0203. The third kappa shape index (κ3) is 42.0. The molecule has 320 valence electrons. The third-order valence-electron chi connectivity index (χ3n) is 9.49. The molecule has 0 aromatic carbocycles. The van der Waals surface area contributed by atoms with Gasteiger partial charge in [0.15, 0.2) is 6.10 Å². The summed E-state index contributed by atoms with van der Waals surface area (Å²) in [5, 5.41) is 0. The van der Waals surface area contributed by atoms with E-state index in [1.54, 1.807) is 0 Å². The topological polar surface area (TPSA) is 78.9 Å². The molecule has 6 nitrogen and oxygen atoms in total. The molecule has 0 aromatic rings. The summed E-state index contributed by atoms with van der Waals surface area (Å²) in [4.78, 5) is 37.7. The summed E-state index contributed by atoms with van der Waals surface area (Å²) in [5.74, 6) is -1.01. The van der Waals surface area contributed by atoms with Crippen molar-refractivity contribution >= 4 is 17.9 Å². The van der Waals surface area contributed by atoms with E-state index in [2.05, 4.69) is 87.6 Å². The largest absolute Gasteiger partial charge is 0.462 e. The van der Waals surface area contributed by atoms with Crippen LogP contribution in [0.15, 0.2) is 72.9 Å². The number of esters is 3. The first-order chi connectivity index (χ1) is 27.5. The number of allylic oxidation sites excluding steroid dienone is 12. The molecule has 0 aliphatic carbocycles. The van der Waals surface area contributed by atoms with Gasteiger partial charge in [-0.3, -0.25) is 14.4 Å². The molecule has 0 saturated heterocycles. The first-order valence-electron chi connectivity index (χ1n) is 23.0. The van der Waals surface area contributed by atoms with E-state index in [9.17, 15) is 14.4 Å². The van der Waals surface area contributed by atoms with Crippen LogP contribution in [0, 0.1) is 0 Å². The van der Waals surface area contributed by atoms with E-state index in [1.807, 2.05) is 6.08 Å². The summed E-state index contributed by atoms with van der Waals surface area (Å²) in [6.07, 6.45) is 54.7. The fraction of sp³-hybridized carbons (Fsp3) is 0.700. The number of hydrogen-bond acceptors (Lipinski definition) is 6. The SMILES string of the molecule is CC\C=C/C=C\C=C/CCCCCCCCCC(=O)OCC(COC(=O)CCCCCC/C=C\CCCC)OC(=O)CC/C=C\C/C=C\CCCCCCCC. The van der Waals surface area contributed by atoms with Gasteiger partial charge in [-0.15, -0.1) is 0 Å². The van der Waals surface area contributed by atoms with E-state index in [0.717, 1.165) is 83.5 Å². The Hall–Kier alpha value is -3.15. The lowest BCUT2D eigenvalue weighted by Gasteiger charge is -2.18. The Morgan fingerprint density at radius 2 is 0.821 bits per heavy atom. The molecular formula is C50H84O6. The van der Waals surface area contributed by atoms with Gasteiger partial charge < -0.3 is 14.2 Å². The molecule has 1 atom stereocenters. The van der Waals surface area contributed by atoms with Gasteiger partial charge in [-0.05, 0) is 77.0 Å². The Morgan fingerprint density at radius 3 is 1.36 bits per heavy atom.